The van der Waals surface area contributed by atoms with Crippen LogP contribution in [-0.4, -0.2) is 36.5 Å². The van der Waals surface area contributed by atoms with E-state index in [4.69, 9.17) is 4.74 Å². The van der Waals surface area contributed by atoms with Gasteiger partial charge < -0.3 is 15.4 Å². The first-order chi connectivity index (χ1) is 13.4. The van der Waals surface area contributed by atoms with Gasteiger partial charge in [0.25, 0.3) is 5.91 Å². The number of rotatable bonds is 7. The molecule has 0 aromatic carbocycles. The van der Waals surface area contributed by atoms with E-state index in [9.17, 15) is 14.4 Å². The minimum absolute atomic E-state index is 0.0537. The van der Waals surface area contributed by atoms with Crippen LogP contribution in [0.1, 0.15) is 77.6 Å². The van der Waals surface area contributed by atoms with Crippen molar-refractivity contribution in [3.05, 3.63) is 0 Å². The quantitative estimate of drug-likeness (QED) is 0.655. The number of hydrogen-bond donors (Lipinski definition) is 2. The normalized spacial score (nSPS) is 34.8. The van der Waals surface area contributed by atoms with Crippen LogP contribution in [0.3, 0.4) is 0 Å². The topological polar surface area (TPSA) is 84.5 Å². The van der Waals surface area contributed by atoms with Gasteiger partial charge in [0.2, 0.25) is 5.91 Å². The van der Waals surface area contributed by atoms with Crippen LogP contribution < -0.4 is 10.6 Å². The van der Waals surface area contributed by atoms with Gasteiger partial charge >= 0.3 is 5.97 Å². The molecule has 0 aromatic rings. The number of carbonyl (C=O) groups is 3. The van der Waals surface area contributed by atoms with Crippen molar-refractivity contribution in [2.75, 3.05) is 6.54 Å². The van der Waals surface area contributed by atoms with Crippen LogP contribution in [0.2, 0.25) is 0 Å². The molecule has 0 radical (unpaired) electrons. The van der Waals surface area contributed by atoms with Crippen LogP contribution in [0.25, 0.3) is 0 Å². The van der Waals surface area contributed by atoms with E-state index in [0.29, 0.717) is 6.42 Å². The lowest BCUT2D eigenvalue weighted by Gasteiger charge is -2.56. The highest BCUT2D eigenvalue weighted by Crippen LogP contribution is 2.61. The van der Waals surface area contributed by atoms with Gasteiger partial charge in [-0.15, -0.1) is 0 Å². The second-order valence-corrected chi connectivity index (χ2v) is 9.99. The minimum atomic E-state index is -0.826. The molecule has 2 amide bonds. The summed E-state index contributed by atoms with van der Waals surface area (Å²) in [5, 5.41) is 5.66. The van der Waals surface area contributed by atoms with Crippen LogP contribution in [-0.2, 0) is 19.1 Å². The lowest BCUT2D eigenvalue weighted by atomic mass is 9.49. The fraction of sp³-hybridized carbons (Fsp3) is 0.864. The van der Waals surface area contributed by atoms with E-state index in [1.807, 2.05) is 0 Å². The Hall–Kier alpha value is -1.59. The summed E-state index contributed by atoms with van der Waals surface area (Å²) < 4.78 is 5.20. The summed E-state index contributed by atoms with van der Waals surface area (Å²) in [6.45, 7) is 1.42. The summed E-state index contributed by atoms with van der Waals surface area (Å²) in [6, 6.07) is 0.202. The molecule has 1 atom stereocenters. The largest absolute Gasteiger partial charge is 0.451 e. The first-order valence-electron chi connectivity index (χ1n) is 11.2. The lowest BCUT2D eigenvalue weighted by Crippen LogP contribution is -2.48. The fourth-order valence-electron chi connectivity index (χ4n) is 6.76. The van der Waals surface area contributed by atoms with Gasteiger partial charge in [-0.25, -0.2) is 0 Å². The first kappa shape index (κ1) is 19.7. The van der Waals surface area contributed by atoms with Crippen molar-refractivity contribution in [2.24, 2.45) is 23.2 Å². The first-order valence-corrected chi connectivity index (χ1v) is 11.2. The monoisotopic (exact) mass is 390 g/mol. The Kier molecular flexibility index (Phi) is 5.66. The smallest absolute Gasteiger partial charge is 0.326 e. The standard InChI is InChI=1S/C22H34N2O4/c1-14(21(27)24-18-4-2-3-5-18)28-20(26)13-23-19(25)12-22-9-15-6-16(10-22)8-17(7-15)11-22/h14-18H,2-13H2,1H3,(H,23,25)(H,24,27)/t14-,15?,16?,17?,22?/m1/s1. The van der Waals surface area contributed by atoms with E-state index in [0.717, 1.165) is 43.4 Å². The van der Waals surface area contributed by atoms with Gasteiger partial charge in [0.15, 0.2) is 6.10 Å². The molecule has 0 saturated heterocycles. The van der Waals surface area contributed by atoms with Crippen molar-refractivity contribution in [3.63, 3.8) is 0 Å². The molecule has 2 N–H and O–H groups in total. The highest BCUT2D eigenvalue weighted by molar-refractivity contribution is 5.86. The van der Waals surface area contributed by atoms with E-state index in [2.05, 4.69) is 10.6 Å². The molecule has 5 rings (SSSR count). The summed E-state index contributed by atoms with van der Waals surface area (Å²) in [7, 11) is 0. The molecular formula is C22H34N2O4. The van der Waals surface area contributed by atoms with Gasteiger partial charge in [0.1, 0.15) is 6.54 Å². The maximum absolute atomic E-state index is 12.5. The van der Waals surface area contributed by atoms with Crippen molar-refractivity contribution in [1.82, 2.24) is 10.6 Å². The van der Waals surface area contributed by atoms with Crippen molar-refractivity contribution in [1.29, 1.82) is 0 Å². The number of hydrogen-bond acceptors (Lipinski definition) is 4. The molecule has 5 aliphatic carbocycles. The fourth-order valence-corrected chi connectivity index (χ4v) is 6.76. The van der Waals surface area contributed by atoms with Crippen LogP contribution in [0.5, 0.6) is 0 Å². The Balaban J connectivity index is 1.18. The molecule has 5 aliphatic rings. The molecule has 5 saturated carbocycles. The molecular weight excluding hydrogens is 356 g/mol. The third-order valence-electron chi connectivity index (χ3n) is 7.51. The van der Waals surface area contributed by atoms with Crippen LogP contribution in [0.4, 0.5) is 0 Å². The van der Waals surface area contributed by atoms with E-state index in [-0.39, 0.29) is 29.8 Å². The van der Waals surface area contributed by atoms with Gasteiger partial charge in [-0.05, 0) is 81.5 Å². The maximum Gasteiger partial charge on any atom is 0.326 e. The summed E-state index contributed by atoms with van der Waals surface area (Å²) in [4.78, 5) is 36.6. The number of ether oxygens (including phenoxy) is 1. The zero-order valence-electron chi connectivity index (χ0n) is 17.0. The number of nitrogens with one attached hydrogen (secondary N) is 2. The third kappa shape index (κ3) is 4.52. The number of amides is 2. The van der Waals surface area contributed by atoms with Crippen molar-refractivity contribution >= 4 is 17.8 Å². The lowest BCUT2D eigenvalue weighted by molar-refractivity contribution is -0.155. The summed E-state index contributed by atoms with van der Waals surface area (Å²) in [5.41, 5.74) is 0.164. The molecule has 156 valence electrons. The van der Waals surface area contributed by atoms with Crippen molar-refractivity contribution in [3.8, 4) is 0 Å². The average molecular weight is 391 g/mol. The Morgan fingerprint density at radius 3 is 2.14 bits per heavy atom. The highest BCUT2D eigenvalue weighted by Gasteiger charge is 2.51. The van der Waals surface area contributed by atoms with E-state index in [1.54, 1.807) is 6.92 Å². The second-order valence-electron chi connectivity index (χ2n) is 9.99. The maximum atomic E-state index is 12.5. The predicted molar refractivity (Wildman–Crippen MR) is 104 cm³/mol. The Bertz CT molecular complexity index is 591. The Morgan fingerprint density at radius 2 is 1.57 bits per heavy atom. The van der Waals surface area contributed by atoms with Crippen LogP contribution >= 0.6 is 0 Å². The van der Waals surface area contributed by atoms with Gasteiger partial charge in [0, 0.05) is 12.5 Å². The van der Waals surface area contributed by atoms with Gasteiger partial charge in [0.05, 0.1) is 0 Å². The summed E-state index contributed by atoms with van der Waals surface area (Å²) in [6.07, 6.45) is 11.5. The molecule has 0 aromatic heterocycles. The van der Waals surface area contributed by atoms with Crippen molar-refractivity contribution < 1.29 is 19.1 Å². The van der Waals surface area contributed by atoms with E-state index < -0.39 is 12.1 Å². The van der Waals surface area contributed by atoms with Crippen LogP contribution in [0, 0.1) is 23.2 Å². The summed E-state index contributed by atoms with van der Waals surface area (Å²) >= 11 is 0. The Morgan fingerprint density at radius 1 is 1.00 bits per heavy atom. The predicted octanol–water partition coefficient (Wildman–Crippen LogP) is 2.70. The average Bonchev–Trinajstić information content (AvgIpc) is 3.11. The zero-order valence-corrected chi connectivity index (χ0v) is 17.0. The second kappa shape index (κ2) is 8.03. The molecule has 6 heteroatoms. The zero-order chi connectivity index (χ0) is 19.7. The highest BCUT2D eigenvalue weighted by atomic mass is 16.5. The molecule has 0 spiro atoms. The molecule has 0 heterocycles. The number of esters is 1. The Labute approximate surface area is 167 Å². The van der Waals surface area contributed by atoms with Gasteiger partial charge in [-0.3, -0.25) is 14.4 Å². The van der Waals surface area contributed by atoms with Crippen LogP contribution in [0.15, 0.2) is 0 Å². The molecule has 28 heavy (non-hydrogen) atoms. The minimum Gasteiger partial charge on any atom is -0.451 e. The SMILES string of the molecule is C[C@@H](OC(=O)CNC(=O)CC12CC3CC(CC(C3)C1)C2)C(=O)NC1CCCC1. The van der Waals surface area contributed by atoms with Gasteiger partial charge in [-0.1, -0.05) is 12.8 Å². The molecule has 4 bridgehead atoms. The van der Waals surface area contributed by atoms with E-state index >= 15 is 0 Å². The molecule has 0 aliphatic heterocycles. The summed E-state index contributed by atoms with van der Waals surface area (Å²) in [5.74, 6) is 1.57. The van der Waals surface area contributed by atoms with E-state index in [1.165, 1.54) is 38.5 Å². The molecule has 5 fully saturated rings. The number of carbonyl (C=O) groups excluding carboxylic acids is 3. The van der Waals surface area contributed by atoms with Gasteiger partial charge in [-0.2, -0.15) is 0 Å². The third-order valence-corrected chi connectivity index (χ3v) is 7.51. The molecule has 0 unspecified atom stereocenters. The van der Waals surface area contributed by atoms with Crippen molar-refractivity contribution in [2.45, 2.75) is 89.7 Å². The molecule has 6 nitrogen and oxygen atoms in total.